The van der Waals surface area contributed by atoms with Crippen LogP contribution in [0, 0.1) is 20.8 Å². The molecule has 2 heterocycles. The van der Waals surface area contributed by atoms with Gasteiger partial charge in [-0.1, -0.05) is 56.6 Å². The number of hydrogen-bond acceptors (Lipinski definition) is 5. The molecule has 2 aromatic carbocycles. The van der Waals surface area contributed by atoms with Gasteiger partial charge in [0.25, 0.3) is 0 Å². The molecule has 0 saturated carbocycles. The summed E-state index contributed by atoms with van der Waals surface area (Å²) in [5.41, 5.74) is 8.74. The van der Waals surface area contributed by atoms with E-state index in [0.717, 1.165) is 33.7 Å². The molecule has 0 bridgehead atoms. The van der Waals surface area contributed by atoms with Crippen molar-refractivity contribution in [2.45, 2.75) is 47.0 Å². The van der Waals surface area contributed by atoms with Gasteiger partial charge in [-0.15, -0.1) is 0 Å². The standard InChI is InChI=1S/C26H27ClN4O/c1-15-11-24-20(13-21(15)27)22(30-31-25-28-16(2)12-17(3)29-25)14-23(32-24)18-7-9-19(10-8-18)26(4,5)6/h7-14H,1-6H3,(H,28,29,31)/b30-22+. The van der Waals surface area contributed by atoms with Crippen LogP contribution in [-0.2, 0) is 5.41 Å². The number of rotatable bonds is 3. The maximum absolute atomic E-state index is 6.41. The van der Waals surface area contributed by atoms with E-state index in [-0.39, 0.29) is 5.41 Å². The van der Waals surface area contributed by atoms with Crippen molar-refractivity contribution in [1.29, 1.82) is 0 Å². The zero-order chi connectivity index (χ0) is 23.0. The minimum Gasteiger partial charge on any atom is -0.456 e. The summed E-state index contributed by atoms with van der Waals surface area (Å²) in [4.78, 5) is 8.82. The summed E-state index contributed by atoms with van der Waals surface area (Å²) in [6.07, 6.45) is 0. The van der Waals surface area contributed by atoms with Crippen molar-refractivity contribution in [2.75, 3.05) is 5.43 Å². The summed E-state index contributed by atoms with van der Waals surface area (Å²) < 4.78 is 6.26. The Balaban J connectivity index is 1.86. The van der Waals surface area contributed by atoms with Gasteiger partial charge in [-0.25, -0.2) is 15.4 Å². The molecule has 2 aromatic heterocycles. The number of aryl methyl sites for hydroxylation is 3. The molecule has 1 N–H and O–H groups in total. The quantitative estimate of drug-likeness (QED) is 0.356. The number of hydrogen-bond donors (Lipinski definition) is 1. The van der Waals surface area contributed by atoms with E-state index in [1.807, 2.05) is 45.0 Å². The molecular formula is C26H27ClN4O. The molecular weight excluding hydrogens is 420 g/mol. The first-order valence-electron chi connectivity index (χ1n) is 10.6. The number of nitrogens with zero attached hydrogens (tertiary/aromatic N) is 3. The van der Waals surface area contributed by atoms with Gasteiger partial charge in [0.15, 0.2) is 0 Å². The van der Waals surface area contributed by atoms with Crippen LogP contribution in [0.5, 0.6) is 0 Å². The molecule has 0 aliphatic rings. The van der Waals surface area contributed by atoms with E-state index in [4.69, 9.17) is 16.0 Å². The third-order valence-electron chi connectivity index (χ3n) is 5.32. The molecule has 0 unspecified atom stereocenters. The van der Waals surface area contributed by atoms with E-state index < -0.39 is 0 Å². The lowest BCUT2D eigenvalue weighted by molar-refractivity contribution is 0.589. The summed E-state index contributed by atoms with van der Waals surface area (Å²) in [5, 5.41) is 6.78. The second-order valence-electron chi connectivity index (χ2n) is 9.12. The minimum absolute atomic E-state index is 0.0866. The van der Waals surface area contributed by atoms with E-state index in [9.17, 15) is 0 Å². The first kappa shape index (κ1) is 22.0. The normalized spacial score (nSPS) is 12.4. The Morgan fingerprint density at radius 2 is 1.56 bits per heavy atom. The van der Waals surface area contributed by atoms with E-state index in [1.165, 1.54) is 5.56 Å². The van der Waals surface area contributed by atoms with Gasteiger partial charge in [0.05, 0.1) is 5.36 Å². The fraction of sp³-hybridized carbons (Fsp3) is 0.269. The Labute approximate surface area is 193 Å². The van der Waals surface area contributed by atoms with Crippen molar-refractivity contribution >= 4 is 28.5 Å². The molecule has 32 heavy (non-hydrogen) atoms. The number of nitrogens with one attached hydrogen (secondary N) is 1. The Kier molecular flexibility index (Phi) is 5.78. The molecule has 164 valence electrons. The SMILES string of the molecule is Cc1cc(C)nc(N/N=c2\cc(-c3ccc(C(C)(C)C)cc3)oc3cc(C)c(Cl)cc23)n1. The summed E-state index contributed by atoms with van der Waals surface area (Å²) >= 11 is 6.41. The van der Waals surface area contributed by atoms with E-state index in [2.05, 4.69) is 65.5 Å². The molecule has 0 atom stereocenters. The van der Waals surface area contributed by atoms with E-state index in [1.54, 1.807) is 0 Å². The second kappa shape index (κ2) is 8.40. The topological polar surface area (TPSA) is 63.3 Å². The van der Waals surface area contributed by atoms with Gasteiger partial charge >= 0.3 is 0 Å². The van der Waals surface area contributed by atoms with Crippen LogP contribution in [0.2, 0.25) is 5.02 Å². The molecule has 0 amide bonds. The number of benzene rings is 2. The van der Waals surface area contributed by atoms with Gasteiger partial charge in [0.2, 0.25) is 5.95 Å². The minimum atomic E-state index is 0.0866. The molecule has 0 radical (unpaired) electrons. The molecule has 0 aliphatic heterocycles. The molecule has 5 nitrogen and oxygen atoms in total. The maximum Gasteiger partial charge on any atom is 0.243 e. The van der Waals surface area contributed by atoms with Crippen molar-refractivity contribution in [2.24, 2.45) is 5.10 Å². The van der Waals surface area contributed by atoms with Gasteiger partial charge in [-0.2, -0.15) is 5.10 Å². The van der Waals surface area contributed by atoms with Crippen LogP contribution in [-0.4, -0.2) is 9.97 Å². The molecule has 0 aliphatic carbocycles. The Bertz CT molecular complexity index is 1350. The number of fused-ring (bicyclic) bond motifs is 1. The van der Waals surface area contributed by atoms with E-state index >= 15 is 0 Å². The first-order chi connectivity index (χ1) is 15.1. The van der Waals surface area contributed by atoms with Crippen LogP contribution in [0.1, 0.15) is 43.3 Å². The molecule has 0 spiro atoms. The van der Waals surface area contributed by atoms with Crippen molar-refractivity contribution in [1.82, 2.24) is 9.97 Å². The summed E-state index contributed by atoms with van der Waals surface area (Å²) in [6.45, 7) is 12.4. The fourth-order valence-electron chi connectivity index (χ4n) is 3.54. The van der Waals surface area contributed by atoms with Crippen LogP contribution in [0.15, 0.2) is 58.0 Å². The highest BCUT2D eigenvalue weighted by Crippen LogP contribution is 2.28. The number of halogens is 1. The third kappa shape index (κ3) is 4.68. The molecule has 6 heteroatoms. The monoisotopic (exact) mass is 446 g/mol. The van der Waals surface area contributed by atoms with Gasteiger partial charge in [0.1, 0.15) is 11.3 Å². The molecule has 4 rings (SSSR count). The van der Waals surface area contributed by atoms with E-state index in [0.29, 0.717) is 21.9 Å². The van der Waals surface area contributed by atoms with Crippen LogP contribution >= 0.6 is 11.6 Å². The Hall–Kier alpha value is -3.18. The lowest BCUT2D eigenvalue weighted by Gasteiger charge is -2.19. The second-order valence-corrected chi connectivity index (χ2v) is 9.53. The molecule has 0 fully saturated rings. The third-order valence-corrected chi connectivity index (χ3v) is 5.73. The van der Waals surface area contributed by atoms with Crippen molar-refractivity contribution in [3.63, 3.8) is 0 Å². The fourth-order valence-corrected chi connectivity index (χ4v) is 3.71. The highest BCUT2D eigenvalue weighted by atomic mass is 35.5. The van der Waals surface area contributed by atoms with Crippen LogP contribution in [0.4, 0.5) is 5.95 Å². The van der Waals surface area contributed by atoms with Crippen LogP contribution in [0.25, 0.3) is 22.3 Å². The predicted octanol–water partition coefficient (Wildman–Crippen LogP) is 6.69. The van der Waals surface area contributed by atoms with Gasteiger partial charge in [0, 0.05) is 33.4 Å². The lowest BCUT2D eigenvalue weighted by Crippen LogP contribution is -2.11. The smallest absolute Gasteiger partial charge is 0.243 e. The first-order valence-corrected chi connectivity index (χ1v) is 10.9. The van der Waals surface area contributed by atoms with Gasteiger partial charge in [-0.05, 0) is 55.5 Å². The Morgan fingerprint density at radius 3 is 2.19 bits per heavy atom. The zero-order valence-electron chi connectivity index (χ0n) is 19.2. The van der Waals surface area contributed by atoms with Crippen LogP contribution < -0.4 is 10.8 Å². The van der Waals surface area contributed by atoms with Gasteiger partial charge < -0.3 is 4.42 Å². The molecule has 4 aromatic rings. The maximum atomic E-state index is 6.41. The highest BCUT2D eigenvalue weighted by molar-refractivity contribution is 6.32. The van der Waals surface area contributed by atoms with Crippen molar-refractivity contribution < 1.29 is 4.42 Å². The number of anilines is 1. The largest absolute Gasteiger partial charge is 0.456 e. The summed E-state index contributed by atoms with van der Waals surface area (Å²) in [7, 11) is 0. The van der Waals surface area contributed by atoms with Crippen molar-refractivity contribution in [3.05, 3.63) is 81.4 Å². The summed E-state index contributed by atoms with van der Waals surface area (Å²) in [6, 6.07) is 16.1. The average Bonchev–Trinajstić information content (AvgIpc) is 2.72. The molecule has 0 saturated heterocycles. The van der Waals surface area contributed by atoms with Gasteiger partial charge in [-0.3, -0.25) is 0 Å². The van der Waals surface area contributed by atoms with Crippen molar-refractivity contribution in [3.8, 4) is 11.3 Å². The zero-order valence-corrected chi connectivity index (χ0v) is 20.0. The Morgan fingerprint density at radius 1 is 0.906 bits per heavy atom. The number of aromatic nitrogens is 2. The highest BCUT2D eigenvalue weighted by Gasteiger charge is 2.14. The predicted molar refractivity (Wildman–Crippen MR) is 131 cm³/mol. The van der Waals surface area contributed by atoms with Crippen LogP contribution in [0.3, 0.4) is 0 Å². The average molecular weight is 447 g/mol. The summed E-state index contributed by atoms with van der Waals surface area (Å²) in [5.74, 6) is 1.17. The lowest BCUT2D eigenvalue weighted by atomic mass is 9.86.